The lowest BCUT2D eigenvalue weighted by Gasteiger charge is -2.32. The number of amides is 2. The highest BCUT2D eigenvalue weighted by Crippen LogP contribution is 2.22. The van der Waals surface area contributed by atoms with Crippen LogP contribution in [0.15, 0.2) is 12.1 Å². The van der Waals surface area contributed by atoms with Gasteiger partial charge in [0.25, 0.3) is 5.91 Å². The van der Waals surface area contributed by atoms with Crippen LogP contribution in [0.1, 0.15) is 23.2 Å². The molecule has 22 heavy (non-hydrogen) atoms. The standard InChI is InChI=1S/C15H17F3N2O2/c1-19(2)14(21)9-5-7-20(8-6-9)15(22)10-3-4-11(16)13(18)12(10)17/h3-4,9H,5-8H2,1-2H3. The van der Waals surface area contributed by atoms with Crippen molar-refractivity contribution in [3.05, 3.63) is 35.1 Å². The fourth-order valence-corrected chi connectivity index (χ4v) is 2.56. The average Bonchev–Trinajstić information content (AvgIpc) is 2.51. The minimum atomic E-state index is -1.65. The number of piperidine rings is 1. The molecule has 120 valence electrons. The second kappa shape index (κ2) is 6.37. The van der Waals surface area contributed by atoms with Crippen LogP contribution in [0, 0.1) is 23.4 Å². The molecule has 1 aromatic rings. The molecule has 0 radical (unpaired) electrons. The zero-order valence-electron chi connectivity index (χ0n) is 12.4. The van der Waals surface area contributed by atoms with Crippen LogP contribution in [0.25, 0.3) is 0 Å². The largest absolute Gasteiger partial charge is 0.349 e. The molecular weight excluding hydrogens is 297 g/mol. The van der Waals surface area contributed by atoms with Gasteiger partial charge in [0, 0.05) is 33.1 Å². The molecule has 0 aliphatic carbocycles. The summed E-state index contributed by atoms with van der Waals surface area (Å²) in [6, 6.07) is 1.67. The van der Waals surface area contributed by atoms with Gasteiger partial charge in [0.15, 0.2) is 17.5 Å². The lowest BCUT2D eigenvalue weighted by Crippen LogP contribution is -2.43. The summed E-state index contributed by atoms with van der Waals surface area (Å²) in [4.78, 5) is 26.9. The van der Waals surface area contributed by atoms with Gasteiger partial charge in [-0.1, -0.05) is 0 Å². The van der Waals surface area contributed by atoms with Crippen molar-refractivity contribution in [1.82, 2.24) is 9.80 Å². The van der Waals surface area contributed by atoms with E-state index in [1.165, 1.54) is 9.80 Å². The quantitative estimate of drug-likeness (QED) is 0.784. The summed E-state index contributed by atoms with van der Waals surface area (Å²) in [5, 5.41) is 0. The van der Waals surface area contributed by atoms with Crippen LogP contribution in [0.4, 0.5) is 13.2 Å². The zero-order chi connectivity index (χ0) is 16.4. The number of nitrogens with zero attached hydrogens (tertiary/aromatic N) is 2. The number of carbonyl (C=O) groups is 2. The maximum atomic E-state index is 13.7. The molecule has 0 spiro atoms. The summed E-state index contributed by atoms with van der Waals surface area (Å²) >= 11 is 0. The Balaban J connectivity index is 2.07. The van der Waals surface area contributed by atoms with Crippen LogP contribution in [-0.2, 0) is 4.79 Å². The lowest BCUT2D eigenvalue weighted by atomic mass is 9.95. The van der Waals surface area contributed by atoms with E-state index in [1.807, 2.05) is 0 Å². The molecule has 1 aliphatic heterocycles. The van der Waals surface area contributed by atoms with Crippen LogP contribution in [0.2, 0.25) is 0 Å². The van der Waals surface area contributed by atoms with Gasteiger partial charge in [-0.2, -0.15) is 0 Å². The Hall–Kier alpha value is -2.05. The summed E-state index contributed by atoms with van der Waals surface area (Å²) in [6.07, 6.45) is 0.933. The number of rotatable bonds is 2. The highest BCUT2D eigenvalue weighted by molar-refractivity contribution is 5.94. The van der Waals surface area contributed by atoms with Crippen LogP contribution < -0.4 is 0 Å². The van der Waals surface area contributed by atoms with Gasteiger partial charge in [-0.05, 0) is 25.0 Å². The normalized spacial score (nSPS) is 15.8. The number of likely N-dealkylation sites (tertiary alicyclic amines) is 1. The van der Waals surface area contributed by atoms with E-state index >= 15 is 0 Å². The van der Waals surface area contributed by atoms with Gasteiger partial charge in [-0.25, -0.2) is 13.2 Å². The van der Waals surface area contributed by atoms with Crippen molar-refractivity contribution < 1.29 is 22.8 Å². The molecule has 0 aromatic heterocycles. The molecular formula is C15H17F3N2O2. The number of carbonyl (C=O) groups excluding carboxylic acids is 2. The second-order valence-corrected chi connectivity index (χ2v) is 5.52. The van der Waals surface area contributed by atoms with Gasteiger partial charge in [-0.15, -0.1) is 0 Å². The van der Waals surface area contributed by atoms with Crippen molar-refractivity contribution in [2.24, 2.45) is 5.92 Å². The van der Waals surface area contributed by atoms with Gasteiger partial charge < -0.3 is 9.80 Å². The predicted octanol–water partition coefficient (Wildman–Crippen LogP) is 2.04. The molecule has 0 unspecified atom stereocenters. The Bertz CT molecular complexity index is 597. The summed E-state index contributed by atoms with van der Waals surface area (Å²) in [6.45, 7) is 0.559. The van der Waals surface area contributed by atoms with Gasteiger partial charge >= 0.3 is 0 Å². The first kappa shape index (κ1) is 16.3. The predicted molar refractivity (Wildman–Crippen MR) is 73.6 cm³/mol. The van der Waals surface area contributed by atoms with Gasteiger partial charge in [0.05, 0.1) is 5.56 Å². The number of benzene rings is 1. The maximum absolute atomic E-state index is 13.7. The summed E-state index contributed by atoms with van der Waals surface area (Å²) in [5.41, 5.74) is -0.490. The highest BCUT2D eigenvalue weighted by atomic mass is 19.2. The van der Waals surface area contributed by atoms with Crippen molar-refractivity contribution in [1.29, 1.82) is 0 Å². The molecule has 0 atom stereocenters. The molecule has 1 fully saturated rings. The maximum Gasteiger partial charge on any atom is 0.256 e. The smallest absolute Gasteiger partial charge is 0.256 e. The van der Waals surface area contributed by atoms with Crippen molar-refractivity contribution in [3.63, 3.8) is 0 Å². The third-order valence-corrected chi connectivity index (χ3v) is 3.84. The monoisotopic (exact) mass is 314 g/mol. The van der Waals surface area contributed by atoms with E-state index < -0.39 is 28.9 Å². The average molecular weight is 314 g/mol. The lowest BCUT2D eigenvalue weighted by molar-refractivity contribution is -0.134. The molecule has 7 heteroatoms. The van der Waals surface area contributed by atoms with E-state index in [9.17, 15) is 22.8 Å². The van der Waals surface area contributed by atoms with Crippen LogP contribution in [0.5, 0.6) is 0 Å². The molecule has 1 heterocycles. The van der Waals surface area contributed by atoms with Crippen LogP contribution >= 0.6 is 0 Å². The van der Waals surface area contributed by atoms with Gasteiger partial charge in [0.1, 0.15) is 0 Å². The van der Waals surface area contributed by atoms with Gasteiger partial charge in [0.2, 0.25) is 5.91 Å². The topological polar surface area (TPSA) is 40.6 Å². The molecule has 2 rings (SSSR count). The number of hydrogen-bond donors (Lipinski definition) is 0. The SMILES string of the molecule is CN(C)C(=O)C1CCN(C(=O)c2ccc(F)c(F)c2F)CC1. The molecule has 1 aromatic carbocycles. The van der Waals surface area contributed by atoms with E-state index in [1.54, 1.807) is 14.1 Å². The Kier molecular flexibility index (Phi) is 4.73. The third-order valence-electron chi connectivity index (χ3n) is 3.84. The first-order valence-corrected chi connectivity index (χ1v) is 6.97. The zero-order valence-corrected chi connectivity index (χ0v) is 12.4. The highest BCUT2D eigenvalue weighted by Gasteiger charge is 2.30. The van der Waals surface area contributed by atoms with Gasteiger partial charge in [-0.3, -0.25) is 9.59 Å². The minimum Gasteiger partial charge on any atom is -0.349 e. The molecule has 0 saturated carbocycles. The third kappa shape index (κ3) is 3.08. The fraction of sp³-hybridized carbons (Fsp3) is 0.467. The van der Waals surface area contributed by atoms with Crippen molar-refractivity contribution >= 4 is 11.8 Å². The van der Waals surface area contributed by atoms with Crippen molar-refractivity contribution in [2.45, 2.75) is 12.8 Å². The van der Waals surface area contributed by atoms with E-state index in [0.717, 1.165) is 12.1 Å². The number of halogens is 3. The molecule has 4 nitrogen and oxygen atoms in total. The molecule has 2 amide bonds. The Morgan fingerprint density at radius 1 is 1.09 bits per heavy atom. The minimum absolute atomic E-state index is 0.00824. The summed E-state index contributed by atoms with van der Waals surface area (Å²) in [7, 11) is 3.33. The molecule has 1 saturated heterocycles. The summed E-state index contributed by atoms with van der Waals surface area (Å²) < 4.78 is 39.8. The first-order valence-electron chi connectivity index (χ1n) is 6.97. The van der Waals surface area contributed by atoms with Crippen LogP contribution in [0.3, 0.4) is 0 Å². The van der Waals surface area contributed by atoms with E-state index in [0.29, 0.717) is 12.8 Å². The van der Waals surface area contributed by atoms with Crippen LogP contribution in [-0.4, -0.2) is 48.8 Å². The van der Waals surface area contributed by atoms with E-state index in [2.05, 4.69) is 0 Å². The Morgan fingerprint density at radius 2 is 1.68 bits per heavy atom. The number of hydrogen-bond acceptors (Lipinski definition) is 2. The Morgan fingerprint density at radius 3 is 2.23 bits per heavy atom. The molecule has 1 aliphatic rings. The first-order chi connectivity index (χ1) is 10.3. The second-order valence-electron chi connectivity index (χ2n) is 5.52. The van der Waals surface area contributed by atoms with Crippen molar-refractivity contribution in [3.8, 4) is 0 Å². The fourth-order valence-electron chi connectivity index (χ4n) is 2.56. The molecule has 0 bridgehead atoms. The summed E-state index contributed by atoms with van der Waals surface area (Å²) in [5.74, 6) is -5.32. The van der Waals surface area contributed by atoms with Crippen molar-refractivity contribution in [2.75, 3.05) is 27.2 Å². The molecule has 0 N–H and O–H groups in total. The van der Waals surface area contributed by atoms with E-state index in [4.69, 9.17) is 0 Å². The Labute approximate surface area is 126 Å². The van der Waals surface area contributed by atoms with E-state index in [-0.39, 0.29) is 24.9 Å².